The highest BCUT2D eigenvalue weighted by Crippen LogP contribution is 2.37. The van der Waals surface area contributed by atoms with E-state index in [-0.39, 0.29) is 0 Å². The smallest absolute Gasteiger partial charge is 0.130 e. The summed E-state index contributed by atoms with van der Waals surface area (Å²) in [6.45, 7) is 0.600. The molecule has 0 bridgehead atoms. The molecule has 132 valence electrons. The number of nitrogens with zero attached hydrogens (tertiary/aromatic N) is 2. The number of benzene rings is 3. The molecule has 5 heteroatoms. The molecule has 3 aromatic carbocycles. The molecule has 1 aliphatic heterocycles. The highest BCUT2D eigenvalue weighted by atomic mass is 35.5. The normalized spacial score (nSPS) is 14.9. The molecule has 1 heterocycles. The summed E-state index contributed by atoms with van der Waals surface area (Å²) in [6.07, 6.45) is 0. The van der Waals surface area contributed by atoms with Crippen LogP contribution in [0.5, 0.6) is 0 Å². The van der Waals surface area contributed by atoms with Crippen LogP contribution in [0.1, 0.15) is 22.3 Å². The highest BCUT2D eigenvalue weighted by Gasteiger charge is 2.39. The first kappa shape index (κ1) is 17.6. The van der Waals surface area contributed by atoms with Gasteiger partial charge in [0.05, 0.1) is 11.6 Å². The molecule has 1 N–H and O–H groups in total. The van der Waals surface area contributed by atoms with Crippen molar-refractivity contribution in [3.05, 3.63) is 105 Å². The molecule has 0 aliphatic carbocycles. The molecule has 0 spiro atoms. The molecule has 0 radical (unpaired) electrons. The van der Waals surface area contributed by atoms with Gasteiger partial charge in [0.25, 0.3) is 0 Å². The molecule has 3 aromatic rings. The second-order valence-corrected chi connectivity index (χ2v) is 7.25. The Morgan fingerprint density at radius 3 is 2.04 bits per heavy atom. The maximum absolute atomic E-state index is 9.18. The predicted molar refractivity (Wildman–Crippen MR) is 109 cm³/mol. The largest absolute Gasteiger partial charge is 0.367 e. The summed E-state index contributed by atoms with van der Waals surface area (Å²) in [5.41, 5.74) is 2.97. The van der Waals surface area contributed by atoms with Crippen LogP contribution in [-0.4, -0.2) is 12.4 Å². The molecule has 27 heavy (non-hydrogen) atoms. The van der Waals surface area contributed by atoms with Crippen molar-refractivity contribution < 1.29 is 0 Å². The van der Waals surface area contributed by atoms with E-state index in [0.717, 1.165) is 22.5 Å². The number of nitriles is 1. The topological polar surface area (TPSA) is 48.2 Å². The number of amidine groups is 1. The third kappa shape index (κ3) is 3.30. The molecule has 0 atom stereocenters. The lowest BCUT2D eigenvalue weighted by molar-refractivity contribution is 0.569. The first-order valence-electron chi connectivity index (χ1n) is 8.47. The lowest BCUT2D eigenvalue weighted by Gasteiger charge is -2.26. The first-order valence-corrected chi connectivity index (χ1v) is 9.23. The quantitative estimate of drug-likeness (QED) is 0.670. The van der Waals surface area contributed by atoms with Gasteiger partial charge in [-0.1, -0.05) is 59.6 Å². The van der Waals surface area contributed by atoms with Crippen molar-refractivity contribution >= 4 is 29.0 Å². The van der Waals surface area contributed by atoms with Crippen LogP contribution < -0.4 is 5.32 Å². The third-order valence-electron chi connectivity index (χ3n) is 4.72. The van der Waals surface area contributed by atoms with Gasteiger partial charge in [-0.15, -0.1) is 0 Å². The number of nitrogens with one attached hydrogen (secondary N) is 1. The number of hydrogen-bond acceptors (Lipinski definition) is 3. The van der Waals surface area contributed by atoms with Gasteiger partial charge in [0, 0.05) is 22.2 Å². The Labute approximate surface area is 167 Å². The minimum absolute atomic E-state index is 0.590. The van der Waals surface area contributed by atoms with E-state index in [1.165, 1.54) is 0 Å². The predicted octanol–water partition coefficient (Wildman–Crippen LogP) is 5.16. The van der Waals surface area contributed by atoms with Crippen molar-refractivity contribution in [3.63, 3.8) is 0 Å². The molecule has 0 fully saturated rings. The Morgan fingerprint density at radius 2 is 1.48 bits per heavy atom. The van der Waals surface area contributed by atoms with Gasteiger partial charge in [-0.2, -0.15) is 5.26 Å². The monoisotopic (exact) mass is 391 g/mol. The van der Waals surface area contributed by atoms with E-state index in [0.29, 0.717) is 22.2 Å². The summed E-state index contributed by atoms with van der Waals surface area (Å²) in [5, 5.41) is 14.0. The van der Waals surface area contributed by atoms with E-state index in [2.05, 4.69) is 11.4 Å². The fourth-order valence-electron chi connectivity index (χ4n) is 3.34. The lowest BCUT2D eigenvalue weighted by atomic mass is 9.84. The van der Waals surface area contributed by atoms with Gasteiger partial charge < -0.3 is 5.32 Å². The van der Waals surface area contributed by atoms with Crippen LogP contribution in [0.4, 0.5) is 0 Å². The number of aliphatic imine (C=N–C) groups is 1. The lowest BCUT2D eigenvalue weighted by Crippen LogP contribution is -2.31. The summed E-state index contributed by atoms with van der Waals surface area (Å²) in [7, 11) is 0. The van der Waals surface area contributed by atoms with E-state index in [1.54, 1.807) is 6.07 Å². The van der Waals surface area contributed by atoms with Gasteiger partial charge in [-0.3, -0.25) is 0 Å². The van der Waals surface area contributed by atoms with E-state index in [4.69, 9.17) is 28.2 Å². The van der Waals surface area contributed by atoms with Crippen LogP contribution in [0, 0.1) is 11.3 Å². The van der Waals surface area contributed by atoms with Gasteiger partial charge in [-0.05, 0) is 47.5 Å². The molecule has 4 rings (SSSR count). The zero-order valence-corrected chi connectivity index (χ0v) is 15.8. The third-order valence-corrected chi connectivity index (χ3v) is 5.23. The van der Waals surface area contributed by atoms with E-state index >= 15 is 0 Å². The summed E-state index contributed by atoms with van der Waals surface area (Å²) < 4.78 is 0. The Bertz CT molecular complexity index is 1000. The second kappa shape index (κ2) is 7.08. The average molecular weight is 392 g/mol. The molecule has 0 amide bonds. The van der Waals surface area contributed by atoms with Gasteiger partial charge >= 0.3 is 0 Å². The van der Waals surface area contributed by atoms with E-state index < -0.39 is 5.54 Å². The van der Waals surface area contributed by atoms with Crippen LogP contribution in [0.3, 0.4) is 0 Å². The summed E-state index contributed by atoms with van der Waals surface area (Å²) >= 11 is 12.2. The SMILES string of the molecule is N#Cc1cccc(C2=NC(c3ccc(Cl)cc3)(c3ccc(Cl)cc3)CN2)c1. The van der Waals surface area contributed by atoms with Crippen LogP contribution in [-0.2, 0) is 5.54 Å². The standard InChI is InChI=1S/C22H15Cl2N3/c23-19-8-4-17(5-9-19)22(18-6-10-20(24)11-7-18)14-26-21(27-22)16-3-1-2-15(12-16)13-25/h1-12H,14H2,(H,26,27). The first-order chi connectivity index (χ1) is 13.1. The molecule has 3 nitrogen and oxygen atoms in total. The maximum Gasteiger partial charge on any atom is 0.130 e. The molecule has 0 unspecified atom stereocenters. The van der Waals surface area contributed by atoms with Crippen LogP contribution in [0.15, 0.2) is 77.8 Å². The van der Waals surface area contributed by atoms with Gasteiger partial charge in [0.15, 0.2) is 0 Å². The summed E-state index contributed by atoms with van der Waals surface area (Å²) in [6, 6.07) is 25.1. The maximum atomic E-state index is 9.18. The minimum atomic E-state index is -0.590. The number of rotatable bonds is 3. The second-order valence-electron chi connectivity index (χ2n) is 6.38. The fraction of sp³-hybridized carbons (Fsp3) is 0.0909. The van der Waals surface area contributed by atoms with Crippen LogP contribution >= 0.6 is 23.2 Å². The van der Waals surface area contributed by atoms with Crippen molar-refractivity contribution in [3.8, 4) is 6.07 Å². The molecular weight excluding hydrogens is 377 g/mol. The molecule has 0 aromatic heterocycles. The zero-order valence-electron chi connectivity index (χ0n) is 14.3. The minimum Gasteiger partial charge on any atom is -0.367 e. The van der Waals surface area contributed by atoms with E-state index in [9.17, 15) is 5.26 Å². The van der Waals surface area contributed by atoms with Crippen molar-refractivity contribution in [2.24, 2.45) is 4.99 Å². The van der Waals surface area contributed by atoms with Gasteiger partial charge in [0.2, 0.25) is 0 Å². The Balaban J connectivity index is 1.86. The Morgan fingerprint density at radius 1 is 0.889 bits per heavy atom. The van der Waals surface area contributed by atoms with Crippen molar-refractivity contribution in [2.75, 3.05) is 6.54 Å². The molecule has 1 aliphatic rings. The highest BCUT2D eigenvalue weighted by molar-refractivity contribution is 6.30. The Kier molecular flexibility index (Phi) is 4.61. The molecule has 0 saturated heterocycles. The Hall–Kier alpha value is -2.80. The van der Waals surface area contributed by atoms with Crippen molar-refractivity contribution in [1.29, 1.82) is 5.26 Å². The summed E-state index contributed by atoms with van der Waals surface area (Å²) in [4.78, 5) is 5.07. The molecule has 0 saturated carbocycles. The van der Waals surface area contributed by atoms with E-state index in [1.807, 2.05) is 66.7 Å². The van der Waals surface area contributed by atoms with Gasteiger partial charge in [-0.25, -0.2) is 4.99 Å². The average Bonchev–Trinajstić information content (AvgIpc) is 3.16. The van der Waals surface area contributed by atoms with Crippen LogP contribution in [0.2, 0.25) is 10.0 Å². The van der Waals surface area contributed by atoms with Crippen LogP contribution in [0.25, 0.3) is 0 Å². The zero-order chi connectivity index (χ0) is 18.9. The number of hydrogen-bond donors (Lipinski definition) is 1. The fourth-order valence-corrected chi connectivity index (χ4v) is 3.59. The van der Waals surface area contributed by atoms with Crippen molar-refractivity contribution in [2.45, 2.75) is 5.54 Å². The van der Waals surface area contributed by atoms with Gasteiger partial charge in [0.1, 0.15) is 11.4 Å². The molecular formula is C22H15Cl2N3. The summed E-state index contributed by atoms with van der Waals surface area (Å²) in [5.74, 6) is 0.761. The van der Waals surface area contributed by atoms with Crippen molar-refractivity contribution in [1.82, 2.24) is 5.32 Å². The number of halogens is 2.